The summed E-state index contributed by atoms with van der Waals surface area (Å²) < 4.78 is 10.7. The minimum Gasteiger partial charge on any atom is -0.487 e. The molecule has 0 saturated heterocycles. The predicted octanol–water partition coefficient (Wildman–Crippen LogP) is 2.44. The van der Waals surface area contributed by atoms with Crippen molar-refractivity contribution in [3.63, 3.8) is 0 Å². The Kier molecular flexibility index (Phi) is 3.80. The van der Waals surface area contributed by atoms with Gasteiger partial charge in [0.05, 0.1) is 7.11 Å². The molecule has 0 radical (unpaired) electrons. The lowest BCUT2D eigenvalue weighted by molar-refractivity contribution is -0.143. The van der Waals surface area contributed by atoms with Crippen LogP contribution in [-0.2, 0) is 9.53 Å². The molecule has 1 aromatic rings. The molecule has 2 unspecified atom stereocenters. The Morgan fingerprint density at radius 1 is 1.47 bits per heavy atom. The Morgan fingerprint density at radius 3 is 2.84 bits per heavy atom. The van der Waals surface area contributed by atoms with E-state index in [0.29, 0.717) is 0 Å². The lowest BCUT2D eigenvalue weighted by Gasteiger charge is -2.38. The molecule has 2 rings (SSSR count). The van der Waals surface area contributed by atoms with Crippen LogP contribution < -0.4 is 10.1 Å². The molecule has 1 heterocycles. The van der Waals surface area contributed by atoms with Crippen LogP contribution in [0.3, 0.4) is 0 Å². The van der Waals surface area contributed by atoms with Gasteiger partial charge in [0.15, 0.2) is 0 Å². The van der Waals surface area contributed by atoms with Crippen molar-refractivity contribution in [1.82, 2.24) is 5.32 Å². The van der Waals surface area contributed by atoms with E-state index in [1.165, 1.54) is 7.11 Å². The van der Waals surface area contributed by atoms with Gasteiger partial charge in [0.2, 0.25) is 0 Å². The number of para-hydroxylation sites is 1. The molecule has 19 heavy (non-hydrogen) atoms. The molecule has 0 aliphatic carbocycles. The summed E-state index contributed by atoms with van der Waals surface area (Å²) in [6.45, 7) is 5.93. The highest BCUT2D eigenvalue weighted by molar-refractivity contribution is 5.75. The van der Waals surface area contributed by atoms with Gasteiger partial charge in [0.1, 0.15) is 17.4 Å². The van der Waals surface area contributed by atoms with Gasteiger partial charge in [-0.2, -0.15) is 0 Å². The molecule has 0 saturated carbocycles. The molecule has 104 valence electrons. The summed E-state index contributed by atoms with van der Waals surface area (Å²) in [4.78, 5) is 11.5. The smallest absolute Gasteiger partial charge is 0.322 e. The van der Waals surface area contributed by atoms with Gasteiger partial charge in [-0.1, -0.05) is 18.2 Å². The largest absolute Gasteiger partial charge is 0.487 e. The van der Waals surface area contributed by atoms with Crippen LogP contribution in [0.4, 0.5) is 0 Å². The number of benzene rings is 1. The van der Waals surface area contributed by atoms with Crippen LogP contribution in [0.15, 0.2) is 24.3 Å². The van der Waals surface area contributed by atoms with Gasteiger partial charge >= 0.3 is 5.97 Å². The molecule has 0 bridgehead atoms. The number of hydrogen-bond acceptors (Lipinski definition) is 4. The topological polar surface area (TPSA) is 47.6 Å². The van der Waals surface area contributed by atoms with Crippen molar-refractivity contribution in [3.05, 3.63) is 29.8 Å². The second-order valence-electron chi connectivity index (χ2n) is 5.57. The van der Waals surface area contributed by atoms with Crippen LogP contribution in [0.25, 0.3) is 0 Å². The highest BCUT2D eigenvalue weighted by Crippen LogP contribution is 2.39. The van der Waals surface area contributed by atoms with Crippen LogP contribution in [0.1, 0.15) is 38.8 Å². The molecule has 1 aliphatic rings. The minimum absolute atomic E-state index is 0.0917. The van der Waals surface area contributed by atoms with Crippen molar-refractivity contribution in [2.24, 2.45) is 0 Å². The molecule has 2 atom stereocenters. The van der Waals surface area contributed by atoms with Gasteiger partial charge in [-0.05, 0) is 26.8 Å². The normalized spacial score (nSPS) is 22.0. The Labute approximate surface area is 114 Å². The summed E-state index contributed by atoms with van der Waals surface area (Å²) in [5, 5.41) is 3.33. The number of ether oxygens (including phenoxy) is 2. The van der Waals surface area contributed by atoms with Gasteiger partial charge in [0.25, 0.3) is 0 Å². The van der Waals surface area contributed by atoms with E-state index >= 15 is 0 Å². The first-order valence-electron chi connectivity index (χ1n) is 6.55. The minimum atomic E-state index is -0.336. The quantitative estimate of drug-likeness (QED) is 0.851. The first-order chi connectivity index (χ1) is 8.93. The maximum absolute atomic E-state index is 11.5. The van der Waals surface area contributed by atoms with E-state index in [1.54, 1.807) is 0 Å². The van der Waals surface area contributed by atoms with Gasteiger partial charge in [-0.25, -0.2) is 0 Å². The van der Waals surface area contributed by atoms with Crippen LogP contribution in [-0.4, -0.2) is 24.7 Å². The molecule has 1 N–H and O–H groups in total. The Morgan fingerprint density at radius 2 is 2.16 bits per heavy atom. The van der Waals surface area contributed by atoms with Crippen molar-refractivity contribution in [2.75, 3.05) is 7.11 Å². The predicted molar refractivity (Wildman–Crippen MR) is 73.1 cm³/mol. The van der Waals surface area contributed by atoms with Crippen LogP contribution in [0.2, 0.25) is 0 Å². The summed E-state index contributed by atoms with van der Waals surface area (Å²) in [6.07, 6.45) is 0.811. The van der Waals surface area contributed by atoms with Crippen LogP contribution in [0.5, 0.6) is 5.75 Å². The number of methoxy groups -OCH3 is 1. The monoisotopic (exact) mass is 263 g/mol. The van der Waals surface area contributed by atoms with Crippen molar-refractivity contribution in [3.8, 4) is 5.75 Å². The fourth-order valence-corrected chi connectivity index (χ4v) is 2.50. The Balaban J connectivity index is 2.23. The number of fused-ring (bicyclic) bond motifs is 1. The first kappa shape index (κ1) is 13.9. The summed E-state index contributed by atoms with van der Waals surface area (Å²) in [5.41, 5.74) is 0.847. The summed E-state index contributed by atoms with van der Waals surface area (Å²) in [7, 11) is 1.41. The van der Waals surface area contributed by atoms with Crippen molar-refractivity contribution < 1.29 is 14.3 Å². The van der Waals surface area contributed by atoms with E-state index < -0.39 is 0 Å². The highest BCUT2D eigenvalue weighted by Gasteiger charge is 2.34. The fourth-order valence-electron chi connectivity index (χ4n) is 2.50. The zero-order chi connectivity index (χ0) is 14.0. The molecule has 0 amide bonds. The second kappa shape index (κ2) is 5.21. The number of rotatable bonds is 3. The van der Waals surface area contributed by atoms with E-state index in [1.807, 2.05) is 31.2 Å². The fraction of sp³-hybridized carbons (Fsp3) is 0.533. The number of hydrogen-bond donors (Lipinski definition) is 1. The molecule has 1 aromatic carbocycles. The average molecular weight is 263 g/mol. The molecular weight excluding hydrogens is 242 g/mol. The standard InChI is InChI=1S/C15H21NO3/c1-10(14(17)18-4)16-12-9-15(2,3)19-13-8-6-5-7-11(12)13/h5-8,10,12,16H,9H2,1-4H3. The zero-order valence-electron chi connectivity index (χ0n) is 11.9. The van der Waals surface area contributed by atoms with E-state index in [2.05, 4.69) is 19.2 Å². The highest BCUT2D eigenvalue weighted by atomic mass is 16.5. The molecule has 0 spiro atoms. The van der Waals surface area contributed by atoms with E-state index in [4.69, 9.17) is 9.47 Å². The Bertz CT molecular complexity index is 470. The van der Waals surface area contributed by atoms with Crippen LogP contribution >= 0.6 is 0 Å². The SMILES string of the molecule is COC(=O)C(C)NC1CC(C)(C)Oc2ccccc21. The average Bonchev–Trinajstić information content (AvgIpc) is 2.36. The van der Waals surface area contributed by atoms with Crippen LogP contribution in [0, 0.1) is 0 Å². The van der Waals surface area contributed by atoms with Crippen molar-refractivity contribution in [2.45, 2.75) is 44.9 Å². The summed E-state index contributed by atoms with van der Waals surface area (Å²) >= 11 is 0. The summed E-state index contributed by atoms with van der Waals surface area (Å²) in [6, 6.07) is 7.70. The maximum atomic E-state index is 11.5. The molecule has 0 aromatic heterocycles. The number of carbonyl (C=O) groups is 1. The van der Waals surface area contributed by atoms with E-state index in [9.17, 15) is 4.79 Å². The third-order valence-electron chi connectivity index (χ3n) is 3.38. The lowest BCUT2D eigenvalue weighted by Crippen LogP contribution is -2.44. The molecular formula is C15H21NO3. The molecule has 4 nitrogen and oxygen atoms in total. The third kappa shape index (κ3) is 3.07. The van der Waals surface area contributed by atoms with Gasteiger partial charge in [-0.15, -0.1) is 0 Å². The molecule has 1 aliphatic heterocycles. The van der Waals surface area contributed by atoms with Gasteiger partial charge in [-0.3, -0.25) is 10.1 Å². The molecule has 4 heteroatoms. The number of carbonyl (C=O) groups excluding carboxylic acids is 1. The van der Waals surface area contributed by atoms with Gasteiger partial charge in [0, 0.05) is 18.0 Å². The maximum Gasteiger partial charge on any atom is 0.322 e. The van der Waals surface area contributed by atoms with Crippen molar-refractivity contribution >= 4 is 5.97 Å². The van der Waals surface area contributed by atoms with E-state index in [-0.39, 0.29) is 23.7 Å². The van der Waals surface area contributed by atoms with Gasteiger partial charge < -0.3 is 9.47 Å². The number of nitrogens with one attached hydrogen (secondary N) is 1. The van der Waals surface area contributed by atoms with E-state index in [0.717, 1.165) is 17.7 Å². The lowest BCUT2D eigenvalue weighted by atomic mass is 9.89. The van der Waals surface area contributed by atoms with Crippen molar-refractivity contribution in [1.29, 1.82) is 0 Å². The zero-order valence-corrected chi connectivity index (χ0v) is 11.9. The summed E-state index contributed by atoms with van der Waals surface area (Å²) in [5.74, 6) is 0.634. The Hall–Kier alpha value is -1.55. The first-order valence-corrected chi connectivity index (χ1v) is 6.55. The molecule has 0 fully saturated rings. The number of esters is 1. The second-order valence-corrected chi connectivity index (χ2v) is 5.57. The third-order valence-corrected chi connectivity index (χ3v) is 3.38.